The Morgan fingerprint density at radius 1 is 1.14 bits per heavy atom. The SMILES string of the molecule is COc1ccc(OC)c(-c2csc(NC(=O)COc3ccc(C#N)cc3)n2)c1. The standard InChI is InChI=1S/C20H17N3O4S/c1-25-15-7-8-18(26-2)16(9-15)17-12-28-20(22-17)23-19(24)11-27-14-5-3-13(10-21)4-6-14/h3-9,12H,11H2,1-2H3,(H,22,23,24). The molecular weight excluding hydrogens is 378 g/mol. The van der Waals surface area contributed by atoms with E-state index in [0.29, 0.717) is 33.6 Å². The molecule has 0 bridgehead atoms. The largest absolute Gasteiger partial charge is 0.497 e. The van der Waals surface area contributed by atoms with E-state index in [1.54, 1.807) is 50.6 Å². The number of carbonyl (C=O) groups excluding carboxylic acids is 1. The molecule has 0 unspecified atom stereocenters. The minimum atomic E-state index is -0.331. The van der Waals surface area contributed by atoms with Gasteiger partial charge >= 0.3 is 0 Å². The lowest BCUT2D eigenvalue weighted by atomic mass is 10.1. The summed E-state index contributed by atoms with van der Waals surface area (Å²) in [6, 6.07) is 14.0. The number of benzene rings is 2. The van der Waals surface area contributed by atoms with Crippen LogP contribution in [0.5, 0.6) is 17.2 Å². The molecule has 2 aromatic carbocycles. The molecule has 0 saturated carbocycles. The van der Waals surface area contributed by atoms with Crippen molar-refractivity contribution < 1.29 is 19.0 Å². The van der Waals surface area contributed by atoms with Crippen molar-refractivity contribution in [2.45, 2.75) is 0 Å². The van der Waals surface area contributed by atoms with Gasteiger partial charge in [-0.3, -0.25) is 10.1 Å². The van der Waals surface area contributed by atoms with Gasteiger partial charge in [-0.1, -0.05) is 0 Å². The fourth-order valence-corrected chi connectivity index (χ4v) is 3.13. The lowest BCUT2D eigenvalue weighted by molar-refractivity contribution is -0.118. The summed E-state index contributed by atoms with van der Waals surface area (Å²) in [4.78, 5) is 16.6. The number of nitriles is 1. The zero-order valence-electron chi connectivity index (χ0n) is 15.3. The first-order valence-electron chi connectivity index (χ1n) is 8.23. The summed E-state index contributed by atoms with van der Waals surface area (Å²) in [5.74, 6) is 1.52. The molecule has 0 aliphatic heterocycles. The van der Waals surface area contributed by atoms with Gasteiger partial charge in [0, 0.05) is 10.9 Å². The number of hydrogen-bond donors (Lipinski definition) is 1. The number of nitrogens with zero attached hydrogens (tertiary/aromatic N) is 2. The van der Waals surface area contributed by atoms with E-state index in [0.717, 1.165) is 5.56 Å². The number of amides is 1. The number of carbonyl (C=O) groups is 1. The Hall–Kier alpha value is -3.57. The van der Waals surface area contributed by atoms with Gasteiger partial charge in [-0.15, -0.1) is 11.3 Å². The van der Waals surface area contributed by atoms with Crippen molar-refractivity contribution in [3.8, 4) is 34.6 Å². The average molecular weight is 395 g/mol. The lowest BCUT2D eigenvalue weighted by Gasteiger charge is -2.08. The quantitative estimate of drug-likeness (QED) is 0.655. The van der Waals surface area contributed by atoms with Crippen molar-refractivity contribution in [3.63, 3.8) is 0 Å². The Balaban J connectivity index is 1.64. The van der Waals surface area contributed by atoms with Crippen LogP contribution >= 0.6 is 11.3 Å². The Morgan fingerprint density at radius 3 is 2.57 bits per heavy atom. The van der Waals surface area contributed by atoms with E-state index in [2.05, 4.69) is 10.3 Å². The third kappa shape index (κ3) is 4.58. The number of hydrogen-bond acceptors (Lipinski definition) is 7. The van der Waals surface area contributed by atoms with Crippen LogP contribution in [0.15, 0.2) is 47.8 Å². The van der Waals surface area contributed by atoms with E-state index in [4.69, 9.17) is 19.5 Å². The minimum absolute atomic E-state index is 0.163. The van der Waals surface area contributed by atoms with Crippen LogP contribution in [0.2, 0.25) is 0 Å². The number of methoxy groups -OCH3 is 2. The van der Waals surface area contributed by atoms with Crippen LogP contribution in [0.4, 0.5) is 5.13 Å². The van der Waals surface area contributed by atoms with Crippen molar-refractivity contribution in [1.82, 2.24) is 4.98 Å². The summed E-state index contributed by atoms with van der Waals surface area (Å²) in [6.07, 6.45) is 0. The van der Waals surface area contributed by atoms with E-state index in [9.17, 15) is 4.79 Å². The predicted molar refractivity (Wildman–Crippen MR) is 106 cm³/mol. The van der Waals surface area contributed by atoms with Crippen LogP contribution in [-0.2, 0) is 4.79 Å². The third-order valence-electron chi connectivity index (χ3n) is 3.79. The number of ether oxygens (including phenoxy) is 3. The van der Waals surface area contributed by atoms with Crippen molar-refractivity contribution >= 4 is 22.4 Å². The number of rotatable bonds is 7. The van der Waals surface area contributed by atoms with Gasteiger partial charge in [0.1, 0.15) is 17.2 Å². The molecular formula is C20H17N3O4S. The van der Waals surface area contributed by atoms with Gasteiger partial charge in [-0.05, 0) is 42.5 Å². The van der Waals surface area contributed by atoms with Gasteiger partial charge in [0.25, 0.3) is 5.91 Å². The maximum atomic E-state index is 12.1. The molecule has 142 valence electrons. The van der Waals surface area contributed by atoms with Crippen LogP contribution in [0.25, 0.3) is 11.3 Å². The molecule has 0 aliphatic carbocycles. The molecule has 3 aromatic rings. The zero-order chi connectivity index (χ0) is 19.9. The monoisotopic (exact) mass is 395 g/mol. The van der Waals surface area contributed by atoms with Gasteiger partial charge in [0.2, 0.25) is 0 Å². The molecule has 28 heavy (non-hydrogen) atoms. The molecule has 0 fully saturated rings. The Kier molecular flexibility index (Phi) is 6.09. The summed E-state index contributed by atoms with van der Waals surface area (Å²) in [7, 11) is 3.17. The third-order valence-corrected chi connectivity index (χ3v) is 4.54. The van der Waals surface area contributed by atoms with E-state index in [1.165, 1.54) is 11.3 Å². The van der Waals surface area contributed by atoms with Gasteiger partial charge < -0.3 is 14.2 Å². The summed E-state index contributed by atoms with van der Waals surface area (Å²) in [6.45, 7) is -0.163. The normalized spacial score (nSPS) is 10.0. The Bertz CT molecular complexity index is 1010. The fraction of sp³-hybridized carbons (Fsp3) is 0.150. The Labute approximate surface area is 166 Å². The van der Waals surface area contributed by atoms with E-state index < -0.39 is 0 Å². The van der Waals surface area contributed by atoms with Crippen molar-refractivity contribution in [3.05, 3.63) is 53.4 Å². The topological polar surface area (TPSA) is 93.5 Å². The Morgan fingerprint density at radius 2 is 1.89 bits per heavy atom. The van der Waals surface area contributed by atoms with Crippen LogP contribution in [0, 0.1) is 11.3 Å². The van der Waals surface area contributed by atoms with Crippen LogP contribution in [0.3, 0.4) is 0 Å². The maximum Gasteiger partial charge on any atom is 0.264 e. The highest BCUT2D eigenvalue weighted by molar-refractivity contribution is 7.14. The highest BCUT2D eigenvalue weighted by Gasteiger charge is 2.13. The molecule has 0 spiro atoms. The van der Waals surface area contributed by atoms with Crippen molar-refractivity contribution in [2.75, 3.05) is 26.1 Å². The maximum absolute atomic E-state index is 12.1. The molecule has 7 nitrogen and oxygen atoms in total. The van der Waals surface area contributed by atoms with Crippen molar-refractivity contribution in [2.24, 2.45) is 0 Å². The second kappa shape index (κ2) is 8.88. The van der Waals surface area contributed by atoms with E-state index in [1.807, 2.05) is 17.5 Å². The van der Waals surface area contributed by atoms with Crippen LogP contribution < -0.4 is 19.5 Å². The predicted octanol–water partition coefficient (Wildman–Crippen LogP) is 3.72. The zero-order valence-corrected chi connectivity index (χ0v) is 16.1. The second-order valence-corrected chi connectivity index (χ2v) is 6.44. The molecule has 0 atom stereocenters. The first kappa shape index (κ1) is 19.2. The molecule has 1 amide bonds. The van der Waals surface area contributed by atoms with Gasteiger partial charge in [-0.25, -0.2) is 4.98 Å². The second-order valence-electron chi connectivity index (χ2n) is 5.58. The molecule has 3 rings (SSSR count). The molecule has 1 heterocycles. The first-order valence-corrected chi connectivity index (χ1v) is 9.11. The van der Waals surface area contributed by atoms with Crippen molar-refractivity contribution in [1.29, 1.82) is 5.26 Å². The highest BCUT2D eigenvalue weighted by Crippen LogP contribution is 2.35. The molecule has 0 radical (unpaired) electrons. The number of nitrogens with one attached hydrogen (secondary N) is 1. The van der Waals surface area contributed by atoms with Crippen LogP contribution in [0.1, 0.15) is 5.56 Å². The summed E-state index contributed by atoms with van der Waals surface area (Å²) in [5.41, 5.74) is 1.97. The molecule has 1 aromatic heterocycles. The first-order chi connectivity index (χ1) is 13.6. The van der Waals surface area contributed by atoms with Gasteiger partial charge in [0.15, 0.2) is 11.7 Å². The smallest absolute Gasteiger partial charge is 0.264 e. The summed E-state index contributed by atoms with van der Waals surface area (Å²) in [5, 5.41) is 13.8. The fourth-order valence-electron chi connectivity index (χ4n) is 2.40. The molecule has 1 N–H and O–H groups in total. The van der Waals surface area contributed by atoms with Gasteiger partial charge in [-0.2, -0.15) is 5.26 Å². The van der Waals surface area contributed by atoms with Gasteiger partial charge in [0.05, 0.1) is 31.5 Å². The number of thiazole rings is 1. The average Bonchev–Trinajstić information content (AvgIpc) is 3.20. The van der Waals surface area contributed by atoms with E-state index >= 15 is 0 Å². The van der Waals surface area contributed by atoms with Crippen LogP contribution in [-0.4, -0.2) is 31.7 Å². The molecule has 0 saturated heterocycles. The van der Waals surface area contributed by atoms with E-state index in [-0.39, 0.29) is 12.5 Å². The number of aromatic nitrogens is 1. The molecule has 0 aliphatic rings. The summed E-state index contributed by atoms with van der Waals surface area (Å²) >= 11 is 1.30. The highest BCUT2D eigenvalue weighted by atomic mass is 32.1. The number of anilines is 1. The minimum Gasteiger partial charge on any atom is -0.497 e. The summed E-state index contributed by atoms with van der Waals surface area (Å²) < 4.78 is 16.0. The lowest BCUT2D eigenvalue weighted by Crippen LogP contribution is -2.20. The molecule has 8 heteroatoms.